The lowest BCUT2D eigenvalue weighted by atomic mass is 10.2. The number of ether oxygens (including phenoxy) is 1. The summed E-state index contributed by atoms with van der Waals surface area (Å²) in [5.74, 6) is 0.740. The van der Waals surface area contributed by atoms with Crippen molar-refractivity contribution < 1.29 is 9.53 Å². The van der Waals surface area contributed by atoms with Gasteiger partial charge in [0, 0.05) is 24.4 Å². The van der Waals surface area contributed by atoms with E-state index in [1.165, 1.54) is 6.92 Å². The summed E-state index contributed by atoms with van der Waals surface area (Å²) >= 11 is 4.57. The summed E-state index contributed by atoms with van der Waals surface area (Å²) in [6.45, 7) is 1.35. The van der Waals surface area contributed by atoms with Crippen LogP contribution in [0.1, 0.15) is 12.5 Å². The van der Waals surface area contributed by atoms with Crippen LogP contribution in [0.4, 0.5) is 5.69 Å². The van der Waals surface area contributed by atoms with Gasteiger partial charge in [0.25, 0.3) is 0 Å². The summed E-state index contributed by atoms with van der Waals surface area (Å²) in [6.07, 6.45) is 0. The van der Waals surface area contributed by atoms with Gasteiger partial charge in [-0.2, -0.15) is 10.2 Å². The zero-order valence-corrected chi connectivity index (χ0v) is 11.4. The Bertz CT molecular complexity index is 531. The van der Waals surface area contributed by atoms with Crippen LogP contribution in [0.2, 0.25) is 0 Å². The van der Waals surface area contributed by atoms with E-state index < -0.39 is 9.06 Å². The van der Waals surface area contributed by atoms with Crippen molar-refractivity contribution in [3.05, 3.63) is 23.8 Å². The topological polar surface area (TPSA) is 77.0 Å². The number of carbonyl (C=O) groups excluding carboxylic acids is 1. The molecule has 0 unspecified atom stereocenters. The van der Waals surface area contributed by atoms with Gasteiger partial charge in [-0.05, 0) is 11.6 Å². The summed E-state index contributed by atoms with van der Waals surface area (Å²) in [5, 5.41) is 7.63. The van der Waals surface area contributed by atoms with Gasteiger partial charge in [0.05, 0.1) is 11.1 Å². The monoisotopic (exact) mass is 283 g/mol. The Kier molecular flexibility index (Phi) is 3.63. The van der Waals surface area contributed by atoms with Crippen molar-refractivity contribution in [1.82, 2.24) is 0 Å². The van der Waals surface area contributed by atoms with Crippen LogP contribution >= 0.6 is 20.7 Å². The average Bonchev–Trinajstić information content (AvgIpc) is 2.69. The lowest BCUT2D eigenvalue weighted by Crippen LogP contribution is -2.04. The number of nitrogens with zero attached hydrogens (tertiary/aromatic N) is 2. The van der Waals surface area contributed by atoms with Gasteiger partial charge in [-0.1, -0.05) is 6.07 Å². The number of esters is 1. The van der Waals surface area contributed by atoms with E-state index in [9.17, 15) is 4.79 Å². The number of nitrogen functional groups attached to an aromatic ring is 1. The van der Waals surface area contributed by atoms with Crippen LogP contribution in [-0.4, -0.2) is 17.1 Å². The number of carbonyl (C=O) groups is 1. The molecule has 0 spiro atoms. The molecule has 0 aromatic heterocycles. The van der Waals surface area contributed by atoms with Crippen LogP contribution in [-0.2, 0) is 10.5 Å². The molecule has 0 fully saturated rings. The van der Waals surface area contributed by atoms with E-state index in [1.54, 1.807) is 23.2 Å². The van der Waals surface area contributed by atoms with Gasteiger partial charge in [-0.15, -0.1) is 20.7 Å². The van der Waals surface area contributed by atoms with Gasteiger partial charge in [-0.3, -0.25) is 4.79 Å². The van der Waals surface area contributed by atoms with Crippen molar-refractivity contribution in [2.45, 2.75) is 12.7 Å². The van der Waals surface area contributed by atoms with Gasteiger partial charge in [0.1, 0.15) is 5.75 Å². The molecule has 0 aliphatic carbocycles. The van der Waals surface area contributed by atoms with Gasteiger partial charge in [0.15, 0.2) is 0 Å². The summed E-state index contributed by atoms with van der Waals surface area (Å²) in [7, 11) is -1.39. The molecule has 2 N–H and O–H groups in total. The van der Waals surface area contributed by atoms with Crippen molar-refractivity contribution in [2.75, 3.05) is 5.73 Å². The molecule has 1 aromatic carbocycles. The number of benzene rings is 1. The summed E-state index contributed by atoms with van der Waals surface area (Å²) in [6, 6.07) is 5.18. The molecule has 0 amide bonds. The summed E-state index contributed by atoms with van der Waals surface area (Å²) in [4.78, 5) is 10.8. The largest absolute Gasteiger partial charge is 0.427 e. The maximum atomic E-state index is 10.8. The Balaban J connectivity index is 2.17. The van der Waals surface area contributed by atoms with E-state index in [0.29, 0.717) is 17.2 Å². The minimum atomic E-state index is -1.39. The first-order valence-electron chi connectivity index (χ1n) is 5.15. The SMILES string of the molecule is CC(=O)Oc1ccc(CS2(S)C=NN=C2)c(N)c1. The second-order valence-corrected chi connectivity index (χ2v) is 8.22. The predicted molar refractivity (Wildman–Crippen MR) is 79.4 cm³/mol. The third-order valence-corrected chi connectivity index (χ3v) is 4.94. The van der Waals surface area contributed by atoms with E-state index in [4.69, 9.17) is 10.5 Å². The molecule has 0 saturated heterocycles. The molecule has 18 heavy (non-hydrogen) atoms. The van der Waals surface area contributed by atoms with Crippen LogP contribution in [0.15, 0.2) is 28.4 Å². The van der Waals surface area contributed by atoms with Crippen molar-refractivity contribution in [3.63, 3.8) is 0 Å². The number of thiol groups is 1. The first-order chi connectivity index (χ1) is 8.48. The number of hydrogen-bond acceptors (Lipinski definition) is 6. The lowest BCUT2D eigenvalue weighted by Gasteiger charge is -2.22. The number of rotatable bonds is 3. The highest BCUT2D eigenvalue weighted by Gasteiger charge is 2.20. The molecule has 1 aromatic rings. The Labute approximate surface area is 111 Å². The van der Waals surface area contributed by atoms with Gasteiger partial charge >= 0.3 is 5.97 Å². The maximum Gasteiger partial charge on any atom is 0.308 e. The molecule has 2 rings (SSSR count). The molecule has 0 bridgehead atoms. The zero-order chi connectivity index (χ0) is 13.2. The Morgan fingerprint density at radius 1 is 1.44 bits per heavy atom. The summed E-state index contributed by atoms with van der Waals surface area (Å²) < 4.78 is 4.96. The first kappa shape index (κ1) is 13.0. The second-order valence-electron chi connectivity index (χ2n) is 3.85. The Hall–Kier alpha value is -1.47. The highest BCUT2D eigenvalue weighted by Crippen LogP contribution is 2.53. The minimum Gasteiger partial charge on any atom is -0.427 e. The lowest BCUT2D eigenvalue weighted by molar-refractivity contribution is -0.131. The van der Waals surface area contributed by atoms with Crippen molar-refractivity contribution in [2.24, 2.45) is 10.2 Å². The molecule has 1 aliphatic heterocycles. The number of anilines is 1. The van der Waals surface area contributed by atoms with Gasteiger partial charge in [0.2, 0.25) is 0 Å². The summed E-state index contributed by atoms with van der Waals surface area (Å²) in [5.41, 5.74) is 10.9. The standard InChI is InChI=1S/C11H13N3O2S2/c1-8(15)16-10-3-2-9(11(12)4-10)5-18(17)6-13-14-7-18/h2-4,6-7,17H,5,12H2,1H3. The smallest absolute Gasteiger partial charge is 0.308 e. The van der Waals surface area contributed by atoms with E-state index in [-0.39, 0.29) is 5.97 Å². The van der Waals surface area contributed by atoms with E-state index in [1.807, 2.05) is 6.07 Å². The fraction of sp³-hybridized carbons (Fsp3) is 0.182. The highest BCUT2D eigenvalue weighted by atomic mass is 33.1. The molecular weight excluding hydrogens is 270 g/mol. The molecular formula is C11H13N3O2S2. The molecule has 1 aliphatic rings. The fourth-order valence-electron chi connectivity index (χ4n) is 1.50. The predicted octanol–water partition coefficient (Wildman–Crippen LogP) is 2.33. The molecule has 1 heterocycles. The quantitative estimate of drug-likeness (QED) is 0.294. The van der Waals surface area contributed by atoms with Crippen molar-refractivity contribution in [3.8, 4) is 5.75 Å². The highest BCUT2D eigenvalue weighted by molar-refractivity contribution is 8.98. The molecule has 7 heteroatoms. The van der Waals surface area contributed by atoms with Crippen LogP contribution in [0.5, 0.6) is 5.75 Å². The number of hydrogen-bond donors (Lipinski definition) is 2. The van der Waals surface area contributed by atoms with Gasteiger partial charge < -0.3 is 10.5 Å². The van der Waals surface area contributed by atoms with E-state index in [0.717, 1.165) is 5.56 Å². The zero-order valence-electron chi connectivity index (χ0n) is 9.74. The molecule has 0 saturated carbocycles. The fourth-order valence-corrected chi connectivity index (χ4v) is 3.57. The third-order valence-electron chi connectivity index (χ3n) is 2.29. The van der Waals surface area contributed by atoms with Crippen LogP contribution in [0.25, 0.3) is 0 Å². The minimum absolute atomic E-state index is 0.367. The Morgan fingerprint density at radius 3 is 2.67 bits per heavy atom. The molecule has 0 atom stereocenters. The maximum absolute atomic E-state index is 10.8. The van der Waals surface area contributed by atoms with E-state index >= 15 is 0 Å². The normalized spacial score (nSPS) is 17.7. The van der Waals surface area contributed by atoms with Gasteiger partial charge in [-0.25, -0.2) is 0 Å². The van der Waals surface area contributed by atoms with Crippen molar-refractivity contribution in [1.29, 1.82) is 0 Å². The van der Waals surface area contributed by atoms with Crippen LogP contribution < -0.4 is 10.5 Å². The van der Waals surface area contributed by atoms with Crippen LogP contribution in [0.3, 0.4) is 0 Å². The third kappa shape index (κ3) is 3.05. The second kappa shape index (κ2) is 5.03. The average molecular weight is 283 g/mol. The molecule has 96 valence electrons. The first-order valence-corrected chi connectivity index (χ1v) is 8.13. The van der Waals surface area contributed by atoms with Crippen molar-refractivity contribution >= 4 is 43.5 Å². The molecule has 5 nitrogen and oxygen atoms in total. The Morgan fingerprint density at radius 2 is 2.11 bits per heavy atom. The molecule has 0 radical (unpaired) electrons. The van der Waals surface area contributed by atoms with Crippen LogP contribution in [0, 0.1) is 0 Å². The van der Waals surface area contributed by atoms with E-state index in [2.05, 4.69) is 21.9 Å². The number of nitrogens with two attached hydrogens (primary N) is 1.